The van der Waals surface area contributed by atoms with Crippen molar-refractivity contribution in [3.63, 3.8) is 0 Å². The standard InChI is InChI=1S/C73H70O28/c1-9-13-15-17-19-21-23-25-26-27-29-31-33-35-37-39-55(76)95-49(41-91-56(77)40-45(5)93-72-67(64(85)60(81)54(99-72)44-90-48(8)75)100-71-66(87)62(83)59(80)53(98-71)43-89-47(7)74)42-92-69(88)50(38-36-34-32-30-28-24-22-20-18-16-14-10-2)46(6)94-73-68(63(84)58(79)52(12-4)97-73)101-70-65(86)61(82)57(78)51(11-3)96-70/h45-46,49,51-54,57-68,70-73,78-87H,2,11-12,40-44H2,1,3-8H3/t45?,46?,49?,51?,52?,53?,54?,57-,58-,59-,60-,61+,62+,63+,64+,65?,66?,67?,68?,70+,71+,72-,73-/m1/s1. The van der Waals surface area contributed by atoms with Crippen molar-refractivity contribution in [1.29, 1.82) is 0 Å². The van der Waals surface area contributed by atoms with Crippen molar-refractivity contribution in [3.8, 4) is 94.7 Å². The number of aliphatic hydroxyl groups is 10. The second kappa shape index (κ2) is 44.9. The van der Waals surface area contributed by atoms with Gasteiger partial charge in [0.15, 0.2) is 31.3 Å². The molecule has 4 heterocycles. The normalized spacial score (nSPS) is 28.5. The van der Waals surface area contributed by atoms with Gasteiger partial charge in [-0.3, -0.25) is 14.4 Å². The molecule has 28 heteroatoms. The summed E-state index contributed by atoms with van der Waals surface area (Å²) < 4.78 is 73.5. The highest BCUT2D eigenvalue weighted by molar-refractivity contribution is 5.90. The topological polar surface area (TPSA) is 408 Å². The highest BCUT2D eigenvalue weighted by Crippen LogP contribution is 2.34. The molecule has 0 amide bonds. The Kier molecular flexibility index (Phi) is 37.1. The molecular weight excluding hydrogens is 1320 g/mol. The van der Waals surface area contributed by atoms with Gasteiger partial charge in [0.25, 0.3) is 0 Å². The van der Waals surface area contributed by atoms with E-state index in [2.05, 4.69) is 176 Å². The van der Waals surface area contributed by atoms with Crippen molar-refractivity contribution in [2.45, 2.75) is 209 Å². The van der Waals surface area contributed by atoms with Crippen LogP contribution in [0.15, 0.2) is 86.7 Å². The SMILES string of the molecule is C=C=C=C=C=C=C=C=C=C=C=C=C=C=C(C(=O)OCC(COC(=O)CC(C)O[C@@H]1OC(COC(C)=O)[C@@H](O)[C@H](O)C1O[C@@H]1OC(COC(C)=O)[C@@H](O)[C@H](O)C1O)OC(=O)C#CC#CC#CC#CC#CC#CC#CC#CC)C(C)O[C@@H]1OC(CC)[C@@H](O)[C@H](O)C1O[C@@H]1OC(CC)[C@@H](O)[C@H](O)C1O. The summed E-state index contributed by atoms with van der Waals surface area (Å²) in [5, 5.41) is 109. The van der Waals surface area contributed by atoms with Gasteiger partial charge in [0.05, 0.1) is 30.8 Å². The lowest BCUT2D eigenvalue weighted by Gasteiger charge is -2.46. The molecule has 4 fully saturated rings. The van der Waals surface area contributed by atoms with E-state index in [1.165, 1.54) is 13.8 Å². The molecule has 0 bridgehead atoms. The maximum atomic E-state index is 14.3. The van der Waals surface area contributed by atoms with Crippen LogP contribution in [0.1, 0.15) is 67.7 Å². The zero-order valence-electron chi connectivity index (χ0n) is 55.3. The highest BCUT2D eigenvalue weighted by atomic mass is 16.8. The molecule has 530 valence electrons. The maximum absolute atomic E-state index is 14.3. The summed E-state index contributed by atoms with van der Waals surface area (Å²) in [5.74, 6) is 33.0. The van der Waals surface area contributed by atoms with Crippen molar-refractivity contribution in [3.05, 3.63) is 86.7 Å². The Balaban J connectivity index is 1.72. The molecule has 0 aromatic rings. The van der Waals surface area contributed by atoms with E-state index in [9.17, 15) is 75.0 Å². The summed E-state index contributed by atoms with van der Waals surface area (Å²) in [4.78, 5) is 64.6. The quantitative estimate of drug-likeness (QED) is 0.0122. The number of ether oxygens (including phenoxy) is 13. The third-order valence-corrected chi connectivity index (χ3v) is 13.8. The summed E-state index contributed by atoms with van der Waals surface area (Å²) in [6, 6.07) is 0. The first-order valence-corrected chi connectivity index (χ1v) is 30.5. The number of carbonyl (C=O) groups is 5. The first kappa shape index (κ1) is 83.4. The van der Waals surface area contributed by atoms with E-state index in [1.54, 1.807) is 20.8 Å². The summed E-state index contributed by atoms with van der Waals surface area (Å²) in [6.07, 6.45) is -39.7. The molecular formula is C73H70O28. The summed E-state index contributed by atoms with van der Waals surface area (Å²) in [5.41, 5.74) is 30.9. The molecule has 0 aromatic carbocycles. The molecule has 0 saturated carbocycles. The Morgan fingerprint density at radius 1 is 0.446 bits per heavy atom. The van der Waals surface area contributed by atoms with Crippen molar-refractivity contribution in [2.24, 2.45) is 0 Å². The Bertz CT molecular complexity index is 4050. The zero-order valence-corrected chi connectivity index (χ0v) is 55.3. The summed E-state index contributed by atoms with van der Waals surface area (Å²) in [7, 11) is 0. The van der Waals surface area contributed by atoms with E-state index in [0.717, 1.165) is 13.8 Å². The number of carbonyl (C=O) groups excluding carboxylic acids is 5. The van der Waals surface area contributed by atoms with Crippen LogP contribution in [0.2, 0.25) is 0 Å². The lowest BCUT2D eigenvalue weighted by atomic mass is 9.95. The van der Waals surface area contributed by atoms with Gasteiger partial charge >= 0.3 is 29.8 Å². The molecule has 0 aliphatic carbocycles. The lowest BCUT2D eigenvalue weighted by molar-refractivity contribution is -0.371. The highest BCUT2D eigenvalue weighted by Gasteiger charge is 2.53. The largest absolute Gasteiger partial charge is 0.463 e. The van der Waals surface area contributed by atoms with Gasteiger partial charge in [-0.1, -0.05) is 25.5 Å². The van der Waals surface area contributed by atoms with Gasteiger partial charge in [-0.25, -0.2) is 9.59 Å². The molecule has 28 nitrogen and oxygen atoms in total. The van der Waals surface area contributed by atoms with E-state index in [-0.39, 0.29) is 12.8 Å². The van der Waals surface area contributed by atoms with Crippen LogP contribution in [0.3, 0.4) is 0 Å². The molecule has 0 radical (unpaired) electrons. The van der Waals surface area contributed by atoms with Gasteiger partial charge < -0.3 is 113 Å². The minimum Gasteiger partial charge on any atom is -0.463 e. The molecule has 101 heavy (non-hydrogen) atoms. The molecule has 0 spiro atoms. The number of aliphatic hydroxyl groups excluding tert-OH is 10. The van der Waals surface area contributed by atoms with Crippen LogP contribution in [-0.4, -0.2) is 248 Å². The number of hydrogen-bond donors (Lipinski definition) is 10. The average Bonchev–Trinajstić information content (AvgIpc) is 0.791. The van der Waals surface area contributed by atoms with Crippen LogP contribution in [0.25, 0.3) is 0 Å². The van der Waals surface area contributed by atoms with Gasteiger partial charge in [0, 0.05) is 19.8 Å². The molecule has 11 unspecified atom stereocenters. The fourth-order valence-electron chi connectivity index (χ4n) is 8.87. The van der Waals surface area contributed by atoms with Gasteiger partial charge in [-0.2, -0.15) is 0 Å². The first-order chi connectivity index (χ1) is 48.4. The molecule has 4 saturated heterocycles. The first-order valence-electron chi connectivity index (χ1n) is 30.5. The monoisotopic (exact) mass is 1390 g/mol. The summed E-state index contributed by atoms with van der Waals surface area (Å²) >= 11 is 0. The fraction of sp³-hybridized carbons (Fsp3) is 0.507. The van der Waals surface area contributed by atoms with Crippen molar-refractivity contribution in [2.75, 3.05) is 26.4 Å². The Morgan fingerprint density at radius 3 is 1.30 bits per heavy atom. The predicted molar refractivity (Wildman–Crippen MR) is 339 cm³/mol. The average molecular weight is 1400 g/mol. The molecule has 4 aliphatic heterocycles. The third-order valence-electron chi connectivity index (χ3n) is 13.8. The van der Waals surface area contributed by atoms with Gasteiger partial charge in [-0.15, -0.1) is 0 Å². The molecule has 23 atom stereocenters. The second-order valence-electron chi connectivity index (χ2n) is 21.2. The molecule has 4 aliphatic rings. The van der Waals surface area contributed by atoms with Crippen molar-refractivity contribution in [1.82, 2.24) is 0 Å². The maximum Gasteiger partial charge on any atom is 0.385 e. The van der Waals surface area contributed by atoms with Crippen LogP contribution in [-0.2, 0) is 85.6 Å². The smallest absolute Gasteiger partial charge is 0.385 e. The fourth-order valence-corrected chi connectivity index (χ4v) is 8.87. The van der Waals surface area contributed by atoms with Crippen LogP contribution in [0.5, 0.6) is 0 Å². The van der Waals surface area contributed by atoms with E-state index >= 15 is 0 Å². The molecule has 0 aromatic heterocycles. The van der Waals surface area contributed by atoms with Crippen molar-refractivity contribution < 1.29 is 137 Å². The number of rotatable bonds is 23. The van der Waals surface area contributed by atoms with Gasteiger partial charge in [-0.05, 0) is 192 Å². The summed E-state index contributed by atoms with van der Waals surface area (Å²) in [6.45, 7) is 9.71. The van der Waals surface area contributed by atoms with E-state index < -0.39 is 209 Å². The minimum absolute atomic E-state index is 0.0826. The minimum atomic E-state index is -2.04. The van der Waals surface area contributed by atoms with Crippen LogP contribution in [0, 0.1) is 94.7 Å². The van der Waals surface area contributed by atoms with E-state index in [1.807, 2.05) is 0 Å². The zero-order chi connectivity index (χ0) is 74.4. The Morgan fingerprint density at radius 2 is 0.832 bits per heavy atom. The molecule has 10 N–H and O–H groups in total. The van der Waals surface area contributed by atoms with E-state index in [0.29, 0.717) is 0 Å². The number of hydrogen-bond acceptors (Lipinski definition) is 28. The Hall–Kier alpha value is -10.0. The van der Waals surface area contributed by atoms with Crippen LogP contribution < -0.4 is 0 Å². The predicted octanol–water partition coefficient (Wildman–Crippen LogP) is -2.97. The van der Waals surface area contributed by atoms with Crippen LogP contribution in [0.4, 0.5) is 0 Å². The second-order valence-corrected chi connectivity index (χ2v) is 21.2. The molecule has 4 rings (SSSR count). The Labute approximate surface area is 581 Å². The van der Waals surface area contributed by atoms with Gasteiger partial charge in [0.1, 0.15) is 117 Å². The van der Waals surface area contributed by atoms with Crippen molar-refractivity contribution >= 4 is 29.8 Å². The van der Waals surface area contributed by atoms with E-state index in [4.69, 9.17) is 61.6 Å². The lowest BCUT2D eigenvalue weighted by Crippen LogP contribution is -2.65. The van der Waals surface area contributed by atoms with Crippen LogP contribution >= 0.6 is 0 Å². The number of esters is 5. The third kappa shape index (κ3) is 28.3. The van der Waals surface area contributed by atoms with Gasteiger partial charge in [0.2, 0.25) is 0 Å².